The van der Waals surface area contributed by atoms with E-state index < -0.39 is 0 Å². The summed E-state index contributed by atoms with van der Waals surface area (Å²) in [6.45, 7) is 6.42. The van der Waals surface area contributed by atoms with Crippen molar-refractivity contribution in [3.05, 3.63) is 57.5 Å². The summed E-state index contributed by atoms with van der Waals surface area (Å²) in [6, 6.07) is 10.8. The number of thiophene rings is 1. The van der Waals surface area contributed by atoms with E-state index in [0.29, 0.717) is 6.54 Å². The maximum absolute atomic E-state index is 12.9. The lowest BCUT2D eigenvalue weighted by Crippen LogP contribution is -2.38. The number of rotatable bonds is 6. The summed E-state index contributed by atoms with van der Waals surface area (Å²) in [5.41, 5.74) is 1.11. The van der Waals surface area contributed by atoms with Gasteiger partial charge in [-0.1, -0.05) is 12.1 Å². The van der Waals surface area contributed by atoms with Crippen LogP contribution in [0.1, 0.15) is 22.2 Å². The Morgan fingerprint density at radius 1 is 1.13 bits per heavy atom. The number of guanidine groups is 1. The third-order valence-corrected chi connectivity index (χ3v) is 4.14. The fourth-order valence-corrected chi connectivity index (χ4v) is 2.86. The molecule has 0 unspecified atom stereocenters. The highest BCUT2D eigenvalue weighted by Gasteiger charge is 2.00. The highest BCUT2D eigenvalue weighted by molar-refractivity contribution is 14.0. The molecule has 0 radical (unpaired) electrons. The summed E-state index contributed by atoms with van der Waals surface area (Å²) < 4.78 is 12.9. The van der Waals surface area contributed by atoms with Crippen LogP contribution in [0.4, 0.5) is 4.39 Å². The topological polar surface area (TPSA) is 36.4 Å². The standard InChI is InChI=1S/C17H22FN3S.HI/c1-3-19-17(21-12-16-9-4-13(2)22-16)20-11-10-14-5-7-15(18)8-6-14;/h4-9H,3,10-12H2,1-2H3,(H2,19,20,21);1H. The summed E-state index contributed by atoms with van der Waals surface area (Å²) in [4.78, 5) is 7.15. The minimum Gasteiger partial charge on any atom is -0.357 e. The van der Waals surface area contributed by atoms with Crippen LogP contribution in [0.2, 0.25) is 0 Å². The van der Waals surface area contributed by atoms with Gasteiger partial charge in [-0.3, -0.25) is 0 Å². The normalized spacial score (nSPS) is 11.0. The van der Waals surface area contributed by atoms with Gasteiger partial charge in [0.15, 0.2) is 5.96 Å². The number of aryl methyl sites for hydroxylation is 1. The number of benzene rings is 1. The van der Waals surface area contributed by atoms with E-state index in [-0.39, 0.29) is 29.8 Å². The van der Waals surface area contributed by atoms with Gasteiger partial charge >= 0.3 is 0 Å². The molecule has 0 aliphatic carbocycles. The van der Waals surface area contributed by atoms with Crippen molar-refractivity contribution in [2.75, 3.05) is 13.1 Å². The van der Waals surface area contributed by atoms with Gasteiger partial charge in [-0.2, -0.15) is 0 Å². The predicted octanol–water partition coefficient (Wildman–Crippen LogP) is 4.11. The van der Waals surface area contributed by atoms with Gasteiger partial charge in [0.05, 0.1) is 6.54 Å². The third kappa shape index (κ3) is 7.30. The van der Waals surface area contributed by atoms with Crippen LogP contribution in [0.5, 0.6) is 0 Å². The lowest BCUT2D eigenvalue weighted by molar-refractivity contribution is 0.626. The fraction of sp³-hybridized carbons (Fsp3) is 0.353. The van der Waals surface area contributed by atoms with Crippen molar-refractivity contribution in [3.8, 4) is 0 Å². The van der Waals surface area contributed by atoms with Gasteiger partial charge < -0.3 is 10.6 Å². The van der Waals surface area contributed by atoms with Crippen molar-refractivity contribution in [1.29, 1.82) is 0 Å². The molecule has 1 heterocycles. The number of hydrogen-bond donors (Lipinski definition) is 2. The Hall–Kier alpha value is -1.15. The number of nitrogens with one attached hydrogen (secondary N) is 2. The predicted molar refractivity (Wildman–Crippen MR) is 107 cm³/mol. The molecule has 0 saturated heterocycles. The molecule has 126 valence electrons. The average Bonchev–Trinajstić information content (AvgIpc) is 2.92. The summed E-state index contributed by atoms with van der Waals surface area (Å²) >= 11 is 1.77. The molecule has 0 aliphatic heterocycles. The number of halogens is 2. The zero-order valence-corrected chi connectivity index (χ0v) is 16.6. The third-order valence-electron chi connectivity index (χ3n) is 3.15. The second-order valence-corrected chi connectivity index (χ2v) is 6.38. The van der Waals surface area contributed by atoms with Gasteiger partial charge in [0.1, 0.15) is 5.82 Å². The van der Waals surface area contributed by atoms with E-state index in [2.05, 4.69) is 34.7 Å². The Kier molecular flexibility index (Phi) is 9.16. The van der Waals surface area contributed by atoms with Gasteiger partial charge in [0.2, 0.25) is 0 Å². The van der Waals surface area contributed by atoms with Crippen molar-refractivity contribution in [3.63, 3.8) is 0 Å². The van der Waals surface area contributed by atoms with Gasteiger partial charge in [-0.15, -0.1) is 35.3 Å². The van der Waals surface area contributed by atoms with Crippen LogP contribution in [0.25, 0.3) is 0 Å². The first-order chi connectivity index (χ1) is 10.7. The molecule has 23 heavy (non-hydrogen) atoms. The number of aliphatic imine (C=N–C) groups is 1. The van der Waals surface area contributed by atoms with Crippen LogP contribution in [0.15, 0.2) is 41.4 Å². The summed E-state index contributed by atoms with van der Waals surface area (Å²) in [5.74, 6) is 0.619. The first-order valence-electron chi connectivity index (χ1n) is 7.49. The minimum absolute atomic E-state index is 0. The van der Waals surface area contributed by atoms with Crippen LogP contribution in [-0.2, 0) is 13.0 Å². The number of hydrogen-bond acceptors (Lipinski definition) is 2. The van der Waals surface area contributed by atoms with E-state index in [1.54, 1.807) is 11.3 Å². The highest BCUT2D eigenvalue weighted by atomic mass is 127. The van der Waals surface area contributed by atoms with Crippen molar-refractivity contribution in [2.45, 2.75) is 26.8 Å². The SMILES string of the molecule is CCNC(=NCc1ccc(C)s1)NCCc1ccc(F)cc1.I. The lowest BCUT2D eigenvalue weighted by Gasteiger charge is -2.11. The van der Waals surface area contributed by atoms with Gasteiger partial charge in [0.25, 0.3) is 0 Å². The summed E-state index contributed by atoms with van der Waals surface area (Å²) in [6.07, 6.45) is 0.836. The van der Waals surface area contributed by atoms with Crippen molar-refractivity contribution < 1.29 is 4.39 Å². The minimum atomic E-state index is -0.196. The molecule has 0 fully saturated rings. The smallest absolute Gasteiger partial charge is 0.191 e. The zero-order valence-electron chi connectivity index (χ0n) is 13.4. The fourth-order valence-electron chi connectivity index (χ4n) is 2.05. The Morgan fingerprint density at radius 2 is 1.87 bits per heavy atom. The largest absolute Gasteiger partial charge is 0.357 e. The van der Waals surface area contributed by atoms with Crippen LogP contribution in [-0.4, -0.2) is 19.0 Å². The molecule has 0 atom stereocenters. The van der Waals surface area contributed by atoms with E-state index in [9.17, 15) is 4.39 Å². The molecule has 0 spiro atoms. The second kappa shape index (κ2) is 10.6. The lowest BCUT2D eigenvalue weighted by atomic mass is 10.1. The monoisotopic (exact) mass is 447 g/mol. The van der Waals surface area contributed by atoms with Gasteiger partial charge in [-0.25, -0.2) is 9.38 Å². The van der Waals surface area contributed by atoms with Crippen molar-refractivity contribution in [1.82, 2.24) is 10.6 Å². The quantitative estimate of drug-likeness (QED) is 0.397. The Balaban J connectivity index is 0.00000264. The van der Waals surface area contributed by atoms with E-state index in [1.807, 2.05) is 19.1 Å². The first-order valence-corrected chi connectivity index (χ1v) is 8.31. The number of nitrogens with zero attached hydrogens (tertiary/aromatic N) is 1. The van der Waals surface area contributed by atoms with E-state index >= 15 is 0 Å². The van der Waals surface area contributed by atoms with Crippen LogP contribution in [0.3, 0.4) is 0 Å². The molecule has 6 heteroatoms. The Bertz CT molecular complexity index is 611. The molecule has 1 aromatic carbocycles. The molecule has 0 aliphatic rings. The van der Waals surface area contributed by atoms with Gasteiger partial charge in [-0.05, 0) is 50.1 Å². The molecule has 3 nitrogen and oxygen atoms in total. The maximum atomic E-state index is 12.9. The van der Waals surface area contributed by atoms with E-state index in [0.717, 1.165) is 31.0 Å². The molecule has 0 saturated carbocycles. The summed E-state index contributed by atoms with van der Waals surface area (Å²) in [7, 11) is 0. The molecule has 0 amide bonds. The van der Waals surface area contributed by atoms with Gasteiger partial charge in [0, 0.05) is 22.8 Å². The average molecular weight is 447 g/mol. The first kappa shape index (κ1) is 19.9. The van der Waals surface area contributed by atoms with Crippen LogP contribution >= 0.6 is 35.3 Å². The zero-order chi connectivity index (χ0) is 15.8. The van der Waals surface area contributed by atoms with E-state index in [4.69, 9.17) is 0 Å². The van der Waals surface area contributed by atoms with Crippen LogP contribution in [0, 0.1) is 12.7 Å². The molecule has 2 N–H and O–H groups in total. The Labute approximate surface area is 158 Å². The molecule has 1 aromatic heterocycles. The highest BCUT2D eigenvalue weighted by Crippen LogP contribution is 2.15. The molecule has 2 aromatic rings. The van der Waals surface area contributed by atoms with Crippen LogP contribution < -0.4 is 10.6 Å². The molecule has 0 bridgehead atoms. The van der Waals surface area contributed by atoms with Crippen molar-refractivity contribution in [2.24, 2.45) is 4.99 Å². The van der Waals surface area contributed by atoms with Crippen molar-refractivity contribution >= 4 is 41.3 Å². The maximum Gasteiger partial charge on any atom is 0.191 e. The molecule has 2 rings (SSSR count). The van der Waals surface area contributed by atoms with E-state index in [1.165, 1.54) is 21.9 Å². The summed E-state index contributed by atoms with van der Waals surface area (Å²) in [5, 5.41) is 6.55. The second-order valence-electron chi connectivity index (χ2n) is 5.01. The molecular weight excluding hydrogens is 424 g/mol. The Morgan fingerprint density at radius 3 is 2.48 bits per heavy atom. The molecular formula is C17H23FIN3S.